The van der Waals surface area contributed by atoms with Gasteiger partial charge < -0.3 is 9.12 Å². The van der Waals surface area contributed by atoms with Crippen LogP contribution in [0, 0.1) is 5.41 Å². The summed E-state index contributed by atoms with van der Waals surface area (Å²) >= 11 is 1.41. The lowest BCUT2D eigenvalue weighted by molar-refractivity contribution is -0.152. The second-order valence-electron chi connectivity index (χ2n) is 8.75. The highest BCUT2D eigenvalue weighted by atomic mass is 79.9. The lowest BCUT2D eigenvalue weighted by Gasteiger charge is -2.28. The van der Waals surface area contributed by atoms with E-state index in [4.69, 9.17) is 0 Å². The molecule has 9 heteroatoms. The summed E-state index contributed by atoms with van der Waals surface area (Å²) in [6.07, 6.45) is -3.13. The van der Waals surface area contributed by atoms with Gasteiger partial charge in [0.15, 0.2) is 6.04 Å². The molecule has 2 atom stereocenters. The quantitative estimate of drug-likeness (QED) is 0.476. The van der Waals surface area contributed by atoms with E-state index in [9.17, 15) is 17.7 Å². The number of aromatic nitrogens is 2. The molecule has 0 aliphatic carbocycles. The molecule has 1 unspecified atom stereocenters. The van der Waals surface area contributed by atoms with Crippen molar-refractivity contribution in [3.63, 3.8) is 0 Å². The van der Waals surface area contributed by atoms with Crippen molar-refractivity contribution in [3.05, 3.63) is 28.5 Å². The molecule has 0 aliphatic heterocycles. The van der Waals surface area contributed by atoms with Gasteiger partial charge in [-0.15, -0.1) is 4.72 Å². The van der Waals surface area contributed by atoms with Gasteiger partial charge in [0.05, 0.1) is 0 Å². The standard InChI is InChI=1S/C18H25BrF3N3OS/c1-16(2,3)10-25-9-12(11-7-8-13(19)23-15(11)25)14(18(20,21)22)24-27(26)17(4,5)6/h7-9,14,24H,10H2,1-6H3/t14-,27?/m0/s1. The van der Waals surface area contributed by atoms with Crippen molar-refractivity contribution in [1.29, 1.82) is 0 Å². The van der Waals surface area contributed by atoms with Crippen LogP contribution in [0.1, 0.15) is 53.1 Å². The van der Waals surface area contributed by atoms with Crippen LogP contribution < -0.4 is 4.72 Å². The molecular weight excluding hydrogens is 443 g/mol. The van der Waals surface area contributed by atoms with E-state index in [1.54, 1.807) is 37.5 Å². The third-order valence-electron chi connectivity index (χ3n) is 3.78. The van der Waals surface area contributed by atoms with Crippen LogP contribution in [0.4, 0.5) is 13.2 Å². The number of fused-ring (bicyclic) bond motifs is 1. The van der Waals surface area contributed by atoms with Crippen molar-refractivity contribution in [2.45, 2.75) is 65.1 Å². The Morgan fingerprint density at radius 2 is 1.78 bits per heavy atom. The Kier molecular flexibility index (Phi) is 6.31. The third kappa shape index (κ3) is 5.62. The average molecular weight is 468 g/mol. The molecule has 1 N–H and O–H groups in total. The summed E-state index contributed by atoms with van der Waals surface area (Å²) in [5.41, 5.74) is 0.342. The summed E-state index contributed by atoms with van der Waals surface area (Å²) < 4.78 is 57.8. The largest absolute Gasteiger partial charge is 0.598 e. The summed E-state index contributed by atoms with van der Waals surface area (Å²) in [5, 5.41) is 0.392. The smallest absolute Gasteiger partial charge is 0.412 e. The molecule has 0 saturated carbocycles. The highest BCUT2D eigenvalue weighted by molar-refractivity contribution is 9.10. The molecule has 0 amide bonds. The summed E-state index contributed by atoms with van der Waals surface area (Å²) in [7, 11) is 0. The molecular formula is C18H25BrF3N3OS. The molecule has 0 aromatic carbocycles. The maximum Gasteiger partial charge on any atom is 0.412 e. The van der Waals surface area contributed by atoms with Crippen molar-refractivity contribution < 1.29 is 17.7 Å². The van der Waals surface area contributed by atoms with E-state index < -0.39 is 28.3 Å². The Balaban J connectivity index is 2.62. The SMILES string of the molecule is CC(C)(C)Cn1cc([C@H](N[S+]([O-])C(C)(C)C)C(F)(F)F)c2ccc(Br)nc21. The summed E-state index contributed by atoms with van der Waals surface area (Å²) in [6, 6.07) is 1.17. The average Bonchev–Trinajstić information content (AvgIpc) is 2.78. The van der Waals surface area contributed by atoms with E-state index in [1.165, 1.54) is 6.20 Å². The fourth-order valence-electron chi connectivity index (χ4n) is 2.62. The van der Waals surface area contributed by atoms with Crippen LogP contribution in [0.5, 0.6) is 0 Å². The molecule has 0 spiro atoms. The van der Waals surface area contributed by atoms with Crippen LogP contribution in [-0.4, -0.2) is 25.0 Å². The molecule has 4 nitrogen and oxygen atoms in total. The minimum Gasteiger partial charge on any atom is -0.598 e. The Hall–Kier alpha value is -0.770. The molecule has 0 saturated heterocycles. The number of nitrogens with one attached hydrogen (secondary N) is 1. The van der Waals surface area contributed by atoms with Crippen molar-refractivity contribution in [1.82, 2.24) is 14.3 Å². The number of alkyl halides is 3. The molecule has 27 heavy (non-hydrogen) atoms. The maximum atomic E-state index is 13.9. The van der Waals surface area contributed by atoms with Gasteiger partial charge in [-0.1, -0.05) is 20.8 Å². The van der Waals surface area contributed by atoms with E-state index in [1.807, 2.05) is 20.8 Å². The monoisotopic (exact) mass is 467 g/mol. The molecule has 2 rings (SSSR count). The summed E-state index contributed by atoms with van der Waals surface area (Å²) in [6.45, 7) is 11.4. The predicted molar refractivity (Wildman–Crippen MR) is 107 cm³/mol. The molecule has 152 valence electrons. The number of nitrogens with zero attached hydrogens (tertiary/aromatic N) is 2. The number of halogens is 4. The normalized spacial score (nSPS) is 16.0. The Labute approximate surface area is 169 Å². The molecule has 2 aromatic heterocycles. The number of rotatable bonds is 4. The van der Waals surface area contributed by atoms with Gasteiger partial charge in [0, 0.05) is 35.1 Å². The van der Waals surface area contributed by atoms with Crippen molar-refractivity contribution in [2.75, 3.05) is 0 Å². The van der Waals surface area contributed by atoms with Gasteiger partial charge in [-0.3, -0.25) is 0 Å². The zero-order valence-electron chi connectivity index (χ0n) is 16.2. The molecule has 0 aliphatic rings. The van der Waals surface area contributed by atoms with Gasteiger partial charge in [0.25, 0.3) is 0 Å². The first-order valence-electron chi connectivity index (χ1n) is 8.50. The summed E-state index contributed by atoms with van der Waals surface area (Å²) in [4.78, 5) is 4.38. The van der Waals surface area contributed by atoms with Gasteiger partial charge in [-0.05, 0) is 54.2 Å². The topological polar surface area (TPSA) is 52.9 Å². The third-order valence-corrected chi connectivity index (χ3v) is 5.79. The lowest BCUT2D eigenvalue weighted by Crippen LogP contribution is -2.45. The van der Waals surface area contributed by atoms with Gasteiger partial charge in [-0.2, -0.15) is 13.2 Å². The minimum absolute atomic E-state index is 0.0272. The Bertz CT molecular complexity index is 809. The first kappa shape index (κ1) is 22.5. The highest BCUT2D eigenvalue weighted by Gasteiger charge is 2.47. The van der Waals surface area contributed by atoms with E-state index in [0.717, 1.165) is 0 Å². The van der Waals surface area contributed by atoms with E-state index >= 15 is 0 Å². The zero-order chi connectivity index (χ0) is 20.8. The zero-order valence-corrected chi connectivity index (χ0v) is 18.6. The predicted octanol–water partition coefficient (Wildman–Crippen LogP) is 5.50. The Morgan fingerprint density at radius 1 is 1.19 bits per heavy atom. The highest BCUT2D eigenvalue weighted by Crippen LogP contribution is 2.39. The van der Waals surface area contributed by atoms with Crippen molar-refractivity contribution >= 4 is 38.3 Å². The number of hydrogen-bond acceptors (Lipinski definition) is 3. The first-order chi connectivity index (χ1) is 12.1. The molecule has 0 fully saturated rings. The molecule has 2 heterocycles. The van der Waals surface area contributed by atoms with Gasteiger partial charge >= 0.3 is 6.18 Å². The van der Waals surface area contributed by atoms with Crippen LogP contribution in [0.2, 0.25) is 0 Å². The number of pyridine rings is 1. The summed E-state index contributed by atoms with van der Waals surface area (Å²) in [5.74, 6) is 0. The van der Waals surface area contributed by atoms with E-state index in [0.29, 0.717) is 22.2 Å². The fraction of sp³-hybridized carbons (Fsp3) is 0.611. The van der Waals surface area contributed by atoms with Crippen LogP contribution in [0.15, 0.2) is 22.9 Å². The van der Waals surface area contributed by atoms with Crippen molar-refractivity contribution in [2.24, 2.45) is 5.41 Å². The second kappa shape index (κ2) is 7.57. The van der Waals surface area contributed by atoms with Crippen molar-refractivity contribution in [3.8, 4) is 0 Å². The molecule has 0 radical (unpaired) electrons. The molecule has 0 bridgehead atoms. The van der Waals surface area contributed by atoms with Crippen LogP contribution in [0.3, 0.4) is 0 Å². The van der Waals surface area contributed by atoms with Crippen LogP contribution >= 0.6 is 15.9 Å². The van der Waals surface area contributed by atoms with Crippen LogP contribution in [-0.2, 0) is 17.9 Å². The second-order valence-corrected chi connectivity index (χ2v) is 11.6. The van der Waals surface area contributed by atoms with Crippen LogP contribution in [0.25, 0.3) is 11.0 Å². The number of hydrogen-bond donors (Lipinski definition) is 1. The first-order valence-corrected chi connectivity index (χ1v) is 10.4. The molecule has 2 aromatic rings. The Morgan fingerprint density at radius 3 is 2.26 bits per heavy atom. The maximum absolute atomic E-state index is 13.9. The van der Waals surface area contributed by atoms with Gasteiger partial charge in [-0.25, -0.2) is 4.98 Å². The minimum atomic E-state index is -4.60. The van der Waals surface area contributed by atoms with E-state index in [-0.39, 0.29) is 11.0 Å². The lowest BCUT2D eigenvalue weighted by atomic mass is 9.97. The fourth-order valence-corrected chi connectivity index (χ4v) is 3.75. The van der Waals surface area contributed by atoms with Gasteiger partial charge in [0.1, 0.15) is 15.0 Å². The van der Waals surface area contributed by atoms with E-state index in [2.05, 4.69) is 25.6 Å². The van der Waals surface area contributed by atoms with Gasteiger partial charge in [0.2, 0.25) is 0 Å².